The molecule has 2 N–H and O–H groups in total. The highest BCUT2D eigenvalue weighted by atomic mass is 16.6. The number of hydrogen-bond donors (Lipinski definition) is 2. The molecule has 1 aliphatic heterocycles. The van der Waals surface area contributed by atoms with Gasteiger partial charge in [0.15, 0.2) is 5.78 Å². The van der Waals surface area contributed by atoms with Gasteiger partial charge in [-0.05, 0) is 71.9 Å². The first-order valence-electron chi connectivity index (χ1n) is 20.0. The second-order valence-electron chi connectivity index (χ2n) is 17.2. The van der Waals surface area contributed by atoms with Crippen molar-refractivity contribution in [1.82, 2.24) is 20.4 Å². The minimum atomic E-state index is -0.918. The number of Topliss-reactive ketones (excluding diaryl/α,β-unsaturated/α-hetero) is 1. The first kappa shape index (κ1) is 47.8. The Hall–Kier alpha value is -3.35. The molecular weight excluding hydrogens is 700 g/mol. The normalized spacial score (nSPS) is 18.8. The van der Waals surface area contributed by atoms with E-state index >= 15 is 0 Å². The standard InChI is InChI=1S/C43H72N4O8/c1-15-28(4)37(46(12)40(51)31(27(2)3)25-35(48)43(9,10)44-11)34(53-13)26-36(49)47-23-19-22-33(47)38(54-14)29(5)39(50)45-32(41(52)55-42(6,7)8)24-30-20-17-16-18-21-30/h16-18,20-21,27-29,31-34,37-38,44H,15,19,22-26H2,1-14H3,(H,45,50)/t28-,29+,31-,32-,33-,34+,37-,38+/m0/s1. The molecule has 0 saturated carbocycles. The van der Waals surface area contributed by atoms with E-state index in [9.17, 15) is 24.0 Å². The molecule has 1 saturated heterocycles. The van der Waals surface area contributed by atoms with Crippen LogP contribution in [0.2, 0.25) is 0 Å². The zero-order chi connectivity index (χ0) is 41.8. The predicted molar refractivity (Wildman–Crippen MR) is 215 cm³/mol. The molecule has 312 valence electrons. The molecule has 1 aromatic carbocycles. The maximum Gasteiger partial charge on any atom is 0.329 e. The van der Waals surface area contributed by atoms with E-state index in [0.717, 1.165) is 18.4 Å². The molecule has 0 bridgehead atoms. The summed E-state index contributed by atoms with van der Waals surface area (Å²) in [4.78, 5) is 72.3. The summed E-state index contributed by atoms with van der Waals surface area (Å²) in [6.07, 6.45) is 1.22. The van der Waals surface area contributed by atoms with E-state index in [1.807, 2.05) is 71.9 Å². The number of nitrogens with one attached hydrogen (secondary N) is 2. The van der Waals surface area contributed by atoms with Crippen LogP contribution in [0, 0.1) is 23.7 Å². The number of likely N-dealkylation sites (tertiary alicyclic amines) is 1. The zero-order valence-electron chi connectivity index (χ0n) is 36.2. The van der Waals surface area contributed by atoms with Gasteiger partial charge < -0.3 is 34.6 Å². The Labute approximate surface area is 331 Å². The van der Waals surface area contributed by atoms with Crippen molar-refractivity contribution in [3.05, 3.63) is 35.9 Å². The third kappa shape index (κ3) is 13.4. The van der Waals surface area contributed by atoms with Crippen LogP contribution in [0.1, 0.15) is 107 Å². The fourth-order valence-corrected chi connectivity index (χ4v) is 7.49. The van der Waals surface area contributed by atoms with E-state index in [4.69, 9.17) is 14.2 Å². The second-order valence-corrected chi connectivity index (χ2v) is 17.2. The van der Waals surface area contributed by atoms with E-state index in [-0.39, 0.29) is 54.6 Å². The molecule has 0 unspecified atom stereocenters. The van der Waals surface area contributed by atoms with Crippen LogP contribution in [0.5, 0.6) is 0 Å². The molecule has 1 fully saturated rings. The van der Waals surface area contributed by atoms with Crippen molar-refractivity contribution in [3.8, 4) is 0 Å². The van der Waals surface area contributed by atoms with E-state index < -0.39 is 59.3 Å². The highest BCUT2D eigenvalue weighted by Gasteiger charge is 2.44. The predicted octanol–water partition coefficient (Wildman–Crippen LogP) is 5.21. The van der Waals surface area contributed by atoms with Gasteiger partial charge in [0.2, 0.25) is 17.7 Å². The zero-order valence-corrected chi connectivity index (χ0v) is 36.2. The van der Waals surface area contributed by atoms with Crippen LogP contribution in [-0.4, -0.2) is 116 Å². The smallest absolute Gasteiger partial charge is 0.329 e. The summed E-state index contributed by atoms with van der Waals surface area (Å²) in [6.45, 7) is 19.2. The molecule has 2 rings (SSSR count). The van der Waals surface area contributed by atoms with Crippen molar-refractivity contribution in [2.45, 2.75) is 149 Å². The average molecular weight is 773 g/mol. The molecule has 1 heterocycles. The number of methoxy groups -OCH3 is 2. The molecule has 0 radical (unpaired) electrons. The van der Waals surface area contributed by atoms with Gasteiger partial charge in [0.1, 0.15) is 11.6 Å². The van der Waals surface area contributed by atoms with Gasteiger partial charge in [-0.15, -0.1) is 0 Å². The highest BCUT2D eigenvalue weighted by Crippen LogP contribution is 2.31. The van der Waals surface area contributed by atoms with E-state index in [0.29, 0.717) is 13.0 Å². The summed E-state index contributed by atoms with van der Waals surface area (Å²) in [5.74, 6) is -2.58. The molecule has 0 aliphatic carbocycles. The summed E-state index contributed by atoms with van der Waals surface area (Å²) in [7, 11) is 6.59. The number of amides is 3. The summed E-state index contributed by atoms with van der Waals surface area (Å²) in [5, 5.41) is 5.98. The Balaban J connectivity index is 2.31. The molecule has 3 amide bonds. The van der Waals surface area contributed by atoms with Gasteiger partial charge in [0.25, 0.3) is 0 Å². The Morgan fingerprint density at radius 3 is 2.07 bits per heavy atom. The topological polar surface area (TPSA) is 144 Å². The molecule has 0 spiro atoms. The van der Waals surface area contributed by atoms with Crippen LogP contribution in [-0.2, 0) is 44.6 Å². The number of hydrogen-bond acceptors (Lipinski definition) is 9. The fourth-order valence-electron chi connectivity index (χ4n) is 7.49. The van der Waals surface area contributed by atoms with E-state index in [1.54, 1.807) is 58.7 Å². The molecule has 55 heavy (non-hydrogen) atoms. The molecule has 1 aromatic rings. The minimum absolute atomic E-state index is 0.0115. The number of esters is 1. The first-order chi connectivity index (χ1) is 25.6. The molecule has 12 nitrogen and oxygen atoms in total. The lowest BCUT2D eigenvalue weighted by Gasteiger charge is -2.41. The van der Waals surface area contributed by atoms with Crippen LogP contribution in [0.3, 0.4) is 0 Å². The van der Waals surface area contributed by atoms with Crippen LogP contribution in [0.15, 0.2) is 30.3 Å². The van der Waals surface area contributed by atoms with Gasteiger partial charge in [-0.2, -0.15) is 0 Å². The highest BCUT2D eigenvalue weighted by molar-refractivity contribution is 5.92. The summed E-state index contributed by atoms with van der Waals surface area (Å²) in [6, 6.07) is 7.71. The minimum Gasteiger partial charge on any atom is -0.458 e. The number of ketones is 1. The van der Waals surface area contributed by atoms with Crippen molar-refractivity contribution in [3.63, 3.8) is 0 Å². The lowest BCUT2D eigenvalue weighted by atomic mass is 9.83. The molecule has 0 aromatic heterocycles. The largest absolute Gasteiger partial charge is 0.458 e. The lowest BCUT2D eigenvalue weighted by Crippen LogP contribution is -2.55. The van der Waals surface area contributed by atoms with Crippen LogP contribution in [0.4, 0.5) is 0 Å². The number of carbonyl (C=O) groups is 5. The SMILES string of the molecule is CC[C@H](C)[C@@H]([C@@H](CC(=O)N1CCC[C@H]1[C@H](OC)[C@@H](C)C(=O)N[C@@H](Cc1ccccc1)C(=O)OC(C)(C)C)OC)N(C)C(=O)[C@@H](CC(=O)C(C)(C)NC)C(C)C. The number of benzene rings is 1. The number of nitrogens with zero attached hydrogens (tertiary/aromatic N) is 2. The van der Waals surface area contributed by atoms with Gasteiger partial charge in [-0.25, -0.2) is 4.79 Å². The van der Waals surface area contributed by atoms with Gasteiger partial charge in [-0.3, -0.25) is 19.2 Å². The Kier molecular flexibility index (Phi) is 18.5. The third-order valence-corrected chi connectivity index (χ3v) is 11.4. The Morgan fingerprint density at radius 2 is 1.56 bits per heavy atom. The van der Waals surface area contributed by atoms with Crippen molar-refractivity contribution < 1.29 is 38.2 Å². The quantitative estimate of drug-likeness (QED) is 0.161. The first-order valence-corrected chi connectivity index (χ1v) is 20.0. The van der Waals surface area contributed by atoms with Crippen molar-refractivity contribution in [2.24, 2.45) is 23.7 Å². The Morgan fingerprint density at radius 1 is 0.945 bits per heavy atom. The maximum absolute atomic E-state index is 14.3. The maximum atomic E-state index is 14.3. The van der Waals surface area contributed by atoms with Crippen molar-refractivity contribution in [2.75, 3.05) is 34.9 Å². The van der Waals surface area contributed by atoms with Crippen molar-refractivity contribution in [1.29, 1.82) is 0 Å². The molecule has 1 aliphatic rings. The third-order valence-electron chi connectivity index (χ3n) is 11.4. The van der Waals surface area contributed by atoms with Crippen LogP contribution in [0.25, 0.3) is 0 Å². The number of carbonyl (C=O) groups excluding carboxylic acids is 5. The van der Waals surface area contributed by atoms with Crippen LogP contribution < -0.4 is 10.6 Å². The summed E-state index contributed by atoms with van der Waals surface area (Å²) < 4.78 is 17.7. The molecular formula is C43H72N4O8. The van der Waals surface area contributed by atoms with Crippen LogP contribution >= 0.6 is 0 Å². The monoisotopic (exact) mass is 773 g/mol. The summed E-state index contributed by atoms with van der Waals surface area (Å²) in [5.41, 5.74) is -0.628. The number of rotatable bonds is 21. The van der Waals surface area contributed by atoms with Gasteiger partial charge in [0.05, 0.1) is 42.2 Å². The second kappa shape index (κ2) is 21.3. The Bertz CT molecular complexity index is 1410. The van der Waals surface area contributed by atoms with E-state index in [2.05, 4.69) is 10.6 Å². The van der Waals surface area contributed by atoms with Gasteiger partial charge in [-0.1, -0.05) is 71.4 Å². The van der Waals surface area contributed by atoms with Crippen molar-refractivity contribution >= 4 is 29.5 Å². The fraction of sp³-hybridized carbons (Fsp3) is 0.744. The molecule has 12 heteroatoms. The lowest BCUT2D eigenvalue weighted by molar-refractivity contribution is -0.159. The number of likely N-dealkylation sites (N-methyl/N-ethyl adjacent to an activating group) is 2. The average Bonchev–Trinajstić information content (AvgIpc) is 3.62. The van der Waals surface area contributed by atoms with E-state index in [1.165, 1.54) is 7.11 Å². The van der Waals surface area contributed by atoms with Gasteiger partial charge >= 0.3 is 5.97 Å². The number of ether oxygens (including phenoxy) is 3. The van der Waals surface area contributed by atoms with Gasteiger partial charge in [0, 0.05) is 46.6 Å². The molecule has 8 atom stereocenters. The summed E-state index contributed by atoms with van der Waals surface area (Å²) >= 11 is 0.